The van der Waals surface area contributed by atoms with E-state index < -0.39 is 0 Å². The largest absolute Gasteiger partial charge is 0.329 e. The van der Waals surface area contributed by atoms with Gasteiger partial charge in [-0.2, -0.15) is 0 Å². The highest BCUT2D eigenvalue weighted by Gasteiger charge is 2.44. The number of piperidine rings is 1. The molecule has 2 heterocycles. The molecule has 1 atom stereocenters. The third kappa shape index (κ3) is 2.05. The monoisotopic (exact) mass is 238 g/mol. The maximum atomic E-state index is 12.4. The van der Waals surface area contributed by atoms with Crippen molar-refractivity contribution in [2.24, 2.45) is 0 Å². The van der Waals surface area contributed by atoms with Crippen LogP contribution < -0.4 is 0 Å². The summed E-state index contributed by atoms with van der Waals surface area (Å²) in [6, 6.07) is -0.184. The van der Waals surface area contributed by atoms with Crippen molar-refractivity contribution in [3.05, 3.63) is 0 Å². The normalized spacial score (nSPS) is 26.2. The third-order valence-electron chi connectivity index (χ3n) is 4.26. The second-order valence-electron chi connectivity index (χ2n) is 5.69. The smallest absolute Gasteiger partial charge is 0.246 e. The zero-order valence-electron chi connectivity index (χ0n) is 11.0. The molecule has 1 unspecified atom stereocenters. The van der Waals surface area contributed by atoms with Gasteiger partial charge in [0, 0.05) is 12.1 Å². The fraction of sp³-hybridized carbons (Fsp3) is 0.846. The minimum atomic E-state index is -0.212. The van der Waals surface area contributed by atoms with Crippen LogP contribution in [-0.2, 0) is 9.59 Å². The summed E-state index contributed by atoms with van der Waals surface area (Å²) in [4.78, 5) is 28.1. The molecule has 0 radical (unpaired) electrons. The Morgan fingerprint density at radius 1 is 1.29 bits per heavy atom. The van der Waals surface area contributed by atoms with Crippen LogP contribution in [0.15, 0.2) is 0 Å². The van der Waals surface area contributed by atoms with Crippen molar-refractivity contribution in [2.75, 3.05) is 13.1 Å². The van der Waals surface area contributed by atoms with Crippen LogP contribution in [0.5, 0.6) is 0 Å². The lowest BCUT2D eigenvalue weighted by Crippen LogP contribution is -2.65. The van der Waals surface area contributed by atoms with Crippen LogP contribution in [0.4, 0.5) is 0 Å². The van der Waals surface area contributed by atoms with E-state index in [2.05, 4.69) is 6.92 Å². The van der Waals surface area contributed by atoms with E-state index in [0.717, 1.165) is 32.2 Å². The fourth-order valence-electron chi connectivity index (χ4n) is 2.67. The van der Waals surface area contributed by atoms with Crippen molar-refractivity contribution >= 4 is 11.8 Å². The van der Waals surface area contributed by atoms with Gasteiger partial charge in [-0.15, -0.1) is 0 Å². The van der Waals surface area contributed by atoms with Gasteiger partial charge >= 0.3 is 0 Å². The van der Waals surface area contributed by atoms with Crippen molar-refractivity contribution in [2.45, 2.75) is 58.0 Å². The summed E-state index contributed by atoms with van der Waals surface area (Å²) in [7, 11) is 0. The molecular weight excluding hydrogens is 216 g/mol. The molecule has 2 saturated heterocycles. The molecule has 0 spiro atoms. The molecule has 2 rings (SSSR count). The van der Waals surface area contributed by atoms with Crippen LogP contribution >= 0.6 is 0 Å². The van der Waals surface area contributed by atoms with Gasteiger partial charge in [-0.25, -0.2) is 0 Å². The number of amides is 2. The van der Waals surface area contributed by atoms with Gasteiger partial charge in [-0.05, 0) is 39.5 Å². The van der Waals surface area contributed by atoms with E-state index in [1.165, 1.54) is 0 Å². The molecule has 0 N–H and O–H groups in total. The average Bonchev–Trinajstić information content (AvgIpc) is 2.33. The molecule has 2 aliphatic rings. The predicted octanol–water partition coefficient (Wildman–Crippen LogP) is 1.40. The van der Waals surface area contributed by atoms with Gasteiger partial charge in [0.05, 0.1) is 0 Å². The molecule has 96 valence electrons. The van der Waals surface area contributed by atoms with Crippen molar-refractivity contribution in [1.29, 1.82) is 0 Å². The standard InChI is InChI=1S/C13H22N2O2/c1-4-13(2,3)15-9-11(16)14-8-6-5-7-10(14)12(15)17/h10H,4-9H2,1-3H3. The van der Waals surface area contributed by atoms with Gasteiger partial charge in [0.2, 0.25) is 11.8 Å². The highest BCUT2D eigenvalue weighted by molar-refractivity contribution is 5.95. The van der Waals surface area contributed by atoms with Gasteiger partial charge in [-0.3, -0.25) is 9.59 Å². The van der Waals surface area contributed by atoms with E-state index in [4.69, 9.17) is 0 Å². The molecule has 4 nitrogen and oxygen atoms in total. The Morgan fingerprint density at radius 2 is 2.00 bits per heavy atom. The van der Waals surface area contributed by atoms with Gasteiger partial charge in [0.1, 0.15) is 12.6 Å². The molecule has 2 amide bonds. The van der Waals surface area contributed by atoms with Crippen LogP contribution in [0.1, 0.15) is 46.5 Å². The van der Waals surface area contributed by atoms with E-state index >= 15 is 0 Å². The van der Waals surface area contributed by atoms with Crippen LogP contribution in [0.3, 0.4) is 0 Å². The predicted molar refractivity (Wildman–Crippen MR) is 65.4 cm³/mol. The van der Waals surface area contributed by atoms with Gasteiger partial charge < -0.3 is 9.80 Å². The van der Waals surface area contributed by atoms with Crippen molar-refractivity contribution in [3.8, 4) is 0 Å². The van der Waals surface area contributed by atoms with E-state index in [-0.39, 0.29) is 29.9 Å². The van der Waals surface area contributed by atoms with Crippen molar-refractivity contribution in [3.63, 3.8) is 0 Å². The Morgan fingerprint density at radius 3 is 2.65 bits per heavy atom. The molecular formula is C13H22N2O2. The summed E-state index contributed by atoms with van der Waals surface area (Å²) >= 11 is 0. The summed E-state index contributed by atoms with van der Waals surface area (Å²) in [5.41, 5.74) is -0.212. The number of piperazine rings is 1. The first kappa shape index (κ1) is 12.4. The number of fused-ring (bicyclic) bond motifs is 1. The number of nitrogens with zero attached hydrogens (tertiary/aromatic N) is 2. The number of carbonyl (C=O) groups excluding carboxylic acids is 2. The van der Waals surface area contributed by atoms with Crippen molar-refractivity contribution < 1.29 is 9.59 Å². The van der Waals surface area contributed by atoms with Crippen LogP contribution in [0.25, 0.3) is 0 Å². The third-order valence-corrected chi connectivity index (χ3v) is 4.26. The summed E-state index contributed by atoms with van der Waals surface area (Å²) < 4.78 is 0. The molecule has 0 aromatic heterocycles. The zero-order chi connectivity index (χ0) is 12.6. The summed E-state index contributed by atoms with van der Waals surface area (Å²) in [6.07, 6.45) is 3.80. The van der Waals surface area contributed by atoms with Crippen LogP contribution in [0.2, 0.25) is 0 Å². The summed E-state index contributed by atoms with van der Waals surface area (Å²) in [6.45, 7) is 7.16. The van der Waals surface area contributed by atoms with Crippen LogP contribution in [0, 0.1) is 0 Å². The quantitative estimate of drug-likeness (QED) is 0.729. The SMILES string of the molecule is CCC(C)(C)N1CC(=O)N2CCCCC2C1=O. The Hall–Kier alpha value is -1.06. The molecule has 0 aromatic carbocycles. The first-order chi connectivity index (χ1) is 7.97. The number of carbonyl (C=O) groups is 2. The Bertz CT molecular complexity index is 338. The second kappa shape index (κ2) is 4.31. The maximum absolute atomic E-state index is 12.4. The Balaban J connectivity index is 2.23. The molecule has 0 saturated carbocycles. The molecule has 17 heavy (non-hydrogen) atoms. The first-order valence-electron chi connectivity index (χ1n) is 6.58. The fourth-order valence-corrected chi connectivity index (χ4v) is 2.67. The zero-order valence-corrected chi connectivity index (χ0v) is 11.0. The lowest BCUT2D eigenvalue weighted by Gasteiger charge is -2.48. The summed E-state index contributed by atoms with van der Waals surface area (Å²) in [5, 5.41) is 0. The second-order valence-corrected chi connectivity index (χ2v) is 5.69. The molecule has 2 aliphatic heterocycles. The first-order valence-corrected chi connectivity index (χ1v) is 6.58. The number of hydrogen-bond donors (Lipinski definition) is 0. The highest BCUT2D eigenvalue weighted by atomic mass is 16.2. The lowest BCUT2D eigenvalue weighted by atomic mass is 9.92. The molecule has 0 aliphatic carbocycles. The molecule has 0 bridgehead atoms. The van der Waals surface area contributed by atoms with E-state index in [1.54, 1.807) is 9.80 Å². The maximum Gasteiger partial charge on any atom is 0.246 e. The van der Waals surface area contributed by atoms with E-state index in [0.29, 0.717) is 0 Å². The van der Waals surface area contributed by atoms with Crippen LogP contribution in [-0.4, -0.2) is 46.3 Å². The average molecular weight is 238 g/mol. The van der Waals surface area contributed by atoms with Crippen molar-refractivity contribution in [1.82, 2.24) is 9.80 Å². The van der Waals surface area contributed by atoms with E-state index in [1.807, 2.05) is 13.8 Å². The lowest BCUT2D eigenvalue weighted by molar-refractivity contribution is -0.163. The molecule has 0 aromatic rings. The molecule has 2 fully saturated rings. The van der Waals surface area contributed by atoms with Gasteiger partial charge in [0.15, 0.2) is 0 Å². The Labute approximate surface area is 103 Å². The summed E-state index contributed by atoms with van der Waals surface area (Å²) in [5.74, 6) is 0.270. The minimum absolute atomic E-state index is 0.121. The Kier molecular flexibility index (Phi) is 3.15. The number of rotatable bonds is 2. The topological polar surface area (TPSA) is 40.6 Å². The highest BCUT2D eigenvalue weighted by Crippen LogP contribution is 2.28. The van der Waals surface area contributed by atoms with Gasteiger partial charge in [-0.1, -0.05) is 6.92 Å². The van der Waals surface area contributed by atoms with Gasteiger partial charge in [0.25, 0.3) is 0 Å². The molecule has 4 heteroatoms. The number of hydrogen-bond acceptors (Lipinski definition) is 2. The van der Waals surface area contributed by atoms with E-state index in [9.17, 15) is 9.59 Å². The minimum Gasteiger partial charge on any atom is -0.329 e.